The van der Waals surface area contributed by atoms with E-state index in [9.17, 15) is 4.79 Å². The van der Waals surface area contributed by atoms with Gasteiger partial charge in [-0.1, -0.05) is 12.1 Å². The van der Waals surface area contributed by atoms with Gasteiger partial charge < -0.3 is 16.4 Å². The molecule has 2 amide bonds. The Kier molecular flexibility index (Phi) is 3.55. The van der Waals surface area contributed by atoms with E-state index in [1.165, 1.54) is 0 Å². The highest BCUT2D eigenvalue weighted by Crippen LogP contribution is 2.22. The minimum absolute atomic E-state index is 0.107. The molecule has 0 aliphatic rings. The largest absolute Gasteiger partial charge is 0.397 e. The molecule has 0 aromatic heterocycles. The predicted octanol–water partition coefficient (Wildman–Crippen LogP) is 2.11. The fraction of sp³-hybridized carbons (Fsp3) is 0.364. The predicted molar refractivity (Wildman–Crippen MR) is 62.9 cm³/mol. The average molecular weight is 207 g/mol. The summed E-state index contributed by atoms with van der Waals surface area (Å²) in [5, 5.41) is 5.47. The monoisotopic (exact) mass is 207 g/mol. The summed E-state index contributed by atoms with van der Waals surface area (Å²) >= 11 is 0. The van der Waals surface area contributed by atoms with Crippen LogP contribution in [0.15, 0.2) is 18.2 Å². The van der Waals surface area contributed by atoms with Gasteiger partial charge in [-0.15, -0.1) is 0 Å². The molecular weight excluding hydrogens is 190 g/mol. The van der Waals surface area contributed by atoms with Crippen molar-refractivity contribution < 1.29 is 4.79 Å². The standard InChI is InChI=1S/C11H17N3O/c1-7(2)13-11(15)14-10-8(3)5-4-6-9(10)12/h4-7H,12H2,1-3H3,(H2,13,14,15). The molecule has 0 saturated carbocycles. The lowest BCUT2D eigenvalue weighted by Gasteiger charge is -2.13. The lowest BCUT2D eigenvalue weighted by molar-refractivity contribution is 0.250. The van der Waals surface area contributed by atoms with Gasteiger partial charge in [0.2, 0.25) is 0 Å². The Labute approximate surface area is 89.9 Å². The fourth-order valence-electron chi connectivity index (χ4n) is 1.27. The van der Waals surface area contributed by atoms with Crippen molar-refractivity contribution in [1.29, 1.82) is 0 Å². The zero-order valence-electron chi connectivity index (χ0n) is 9.29. The molecule has 1 aromatic carbocycles. The summed E-state index contributed by atoms with van der Waals surface area (Å²) in [5.74, 6) is 0. The van der Waals surface area contributed by atoms with Crippen molar-refractivity contribution in [3.63, 3.8) is 0 Å². The molecule has 0 atom stereocenters. The van der Waals surface area contributed by atoms with Crippen LogP contribution in [0.2, 0.25) is 0 Å². The van der Waals surface area contributed by atoms with Crippen LogP contribution in [-0.2, 0) is 0 Å². The van der Waals surface area contributed by atoms with Crippen molar-refractivity contribution in [2.45, 2.75) is 26.8 Å². The van der Waals surface area contributed by atoms with Crippen molar-refractivity contribution in [2.24, 2.45) is 0 Å². The second-order valence-corrected chi connectivity index (χ2v) is 3.79. The normalized spacial score (nSPS) is 10.1. The number of urea groups is 1. The highest BCUT2D eigenvalue weighted by Gasteiger charge is 2.07. The minimum atomic E-state index is -0.231. The smallest absolute Gasteiger partial charge is 0.319 e. The van der Waals surface area contributed by atoms with E-state index in [0.29, 0.717) is 11.4 Å². The number of rotatable bonds is 2. The van der Waals surface area contributed by atoms with Gasteiger partial charge in [0.15, 0.2) is 0 Å². The zero-order chi connectivity index (χ0) is 11.4. The van der Waals surface area contributed by atoms with Crippen LogP contribution in [0.25, 0.3) is 0 Å². The third-order valence-corrected chi connectivity index (χ3v) is 1.96. The lowest BCUT2D eigenvalue weighted by Crippen LogP contribution is -2.34. The highest BCUT2D eigenvalue weighted by atomic mass is 16.2. The number of anilines is 2. The van der Waals surface area contributed by atoms with Crippen LogP contribution in [-0.4, -0.2) is 12.1 Å². The van der Waals surface area contributed by atoms with Crippen LogP contribution < -0.4 is 16.4 Å². The van der Waals surface area contributed by atoms with Crippen molar-refractivity contribution in [2.75, 3.05) is 11.1 Å². The molecule has 0 spiro atoms. The number of nitrogens with two attached hydrogens (primary N) is 1. The van der Waals surface area contributed by atoms with Crippen LogP contribution in [0.5, 0.6) is 0 Å². The first-order chi connectivity index (χ1) is 7.00. The van der Waals surface area contributed by atoms with Crippen molar-refractivity contribution in [1.82, 2.24) is 5.32 Å². The van der Waals surface area contributed by atoms with Crippen LogP contribution in [0, 0.1) is 6.92 Å². The van der Waals surface area contributed by atoms with Gasteiger partial charge in [-0.3, -0.25) is 0 Å². The van der Waals surface area contributed by atoms with Crippen LogP contribution in [0.3, 0.4) is 0 Å². The van der Waals surface area contributed by atoms with Crippen molar-refractivity contribution in [3.8, 4) is 0 Å². The first-order valence-electron chi connectivity index (χ1n) is 4.93. The van der Waals surface area contributed by atoms with Gasteiger partial charge in [-0.25, -0.2) is 4.79 Å². The first kappa shape index (κ1) is 11.4. The molecule has 0 heterocycles. The van der Waals surface area contributed by atoms with Gasteiger partial charge in [0.05, 0.1) is 11.4 Å². The van der Waals surface area contributed by atoms with Crippen molar-refractivity contribution in [3.05, 3.63) is 23.8 Å². The number of benzene rings is 1. The van der Waals surface area contributed by atoms with Crippen LogP contribution in [0.1, 0.15) is 19.4 Å². The third-order valence-electron chi connectivity index (χ3n) is 1.96. The van der Waals surface area contributed by atoms with Crippen molar-refractivity contribution >= 4 is 17.4 Å². The number of hydrogen-bond acceptors (Lipinski definition) is 2. The number of carbonyl (C=O) groups excluding carboxylic acids is 1. The third kappa shape index (κ3) is 3.16. The first-order valence-corrected chi connectivity index (χ1v) is 4.93. The molecule has 0 unspecified atom stereocenters. The fourth-order valence-corrected chi connectivity index (χ4v) is 1.27. The molecule has 1 rings (SSSR count). The van der Waals surface area contributed by atoms with E-state index in [1.807, 2.05) is 32.9 Å². The van der Waals surface area contributed by atoms with E-state index in [2.05, 4.69) is 10.6 Å². The Balaban J connectivity index is 2.76. The summed E-state index contributed by atoms with van der Waals surface area (Å²) in [4.78, 5) is 11.4. The zero-order valence-corrected chi connectivity index (χ0v) is 9.29. The Bertz CT molecular complexity index is 341. The second-order valence-electron chi connectivity index (χ2n) is 3.79. The topological polar surface area (TPSA) is 67.1 Å². The van der Waals surface area contributed by atoms with Crippen LogP contribution in [0.4, 0.5) is 16.2 Å². The molecule has 82 valence electrons. The molecule has 0 aliphatic carbocycles. The van der Waals surface area contributed by atoms with Gasteiger partial charge in [0.25, 0.3) is 0 Å². The molecule has 4 nitrogen and oxygen atoms in total. The quantitative estimate of drug-likeness (QED) is 0.650. The molecule has 0 radical (unpaired) electrons. The van der Waals surface area contributed by atoms with Gasteiger partial charge in [0, 0.05) is 6.04 Å². The molecule has 0 bridgehead atoms. The Morgan fingerprint density at radius 1 is 1.40 bits per heavy atom. The summed E-state index contributed by atoms with van der Waals surface area (Å²) in [7, 11) is 0. The maximum Gasteiger partial charge on any atom is 0.319 e. The molecule has 0 fully saturated rings. The lowest BCUT2D eigenvalue weighted by atomic mass is 10.2. The number of carbonyl (C=O) groups is 1. The average Bonchev–Trinajstić information content (AvgIpc) is 2.10. The Morgan fingerprint density at radius 3 is 2.60 bits per heavy atom. The summed E-state index contributed by atoms with van der Waals surface area (Å²) in [6.07, 6.45) is 0. The van der Waals surface area contributed by atoms with Gasteiger partial charge >= 0.3 is 6.03 Å². The summed E-state index contributed by atoms with van der Waals surface area (Å²) in [5.41, 5.74) is 7.96. The Morgan fingerprint density at radius 2 is 2.07 bits per heavy atom. The SMILES string of the molecule is Cc1cccc(N)c1NC(=O)NC(C)C. The maximum absolute atomic E-state index is 11.4. The molecular formula is C11H17N3O. The van der Waals surface area contributed by atoms with E-state index in [1.54, 1.807) is 6.07 Å². The second kappa shape index (κ2) is 4.68. The molecule has 1 aromatic rings. The molecule has 0 aliphatic heterocycles. The summed E-state index contributed by atoms with van der Waals surface area (Å²) in [6.45, 7) is 5.71. The van der Waals surface area contributed by atoms with Gasteiger partial charge in [0.1, 0.15) is 0 Å². The number of nitrogens with one attached hydrogen (secondary N) is 2. The van der Waals surface area contributed by atoms with Crippen LogP contribution >= 0.6 is 0 Å². The molecule has 4 N–H and O–H groups in total. The van der Waals surface area contributed by atoms with E-state index in [0.717, 1.165) is 5.56 Å². The number of aryl methyl sites for hydroxylation is 1. The number of hydrogen-bond donors (Lipinski definition) is 3. The molecule has 0 saturated heterocycles. The highest BCUT2D eigenvalue weighted by molar-refractivity contribution is 5.93. The number of amides is 2. The molecule has 15 heavy (non-hydrogen) atoms. The number of para-hydroxylation sites is 1. The van der Waals surface area contributed by atoms with Gasteiger partial charge in [-0.2, -0.15) is 0 Å². The van der Waals surface area contributed by atoms with E-state index in [4.69, 9.17) is 5.73 Å². The minimum Gasteiger partial charge on any atom is -0.397 e. The van der Waals surface area contributed by atoms with E-state index in [-0.39, 0.29) is 12.1 Å². The number of nitrogen functional groups attached to an aromatic ring is 1. The van der Waals surface area contributed by atoms with E-state index >= 15 is 0 Å². The summed E-state index contributed by atoms with van der Waals surface area (Å²) in [6, 6.07) is 5.40. The summed E-state index contributed by atoms with van der Waals surface area (Å²) < 4.78 is 0. The Hall–Kier alpha value is -1.71. The van der Waals surface area contributed by atoms with E-state index < -0.39 is 0 Å². The molecule has 4 heteroatoms. The van der Waals surface area contributed by atoms with Gasteiger partial charge in [-0.05, 0) is 32.4 Å². The maximum atomic E-state index is 11.4.